The van der Waals surface area contributed by atoms with Gasteiger partial charge in [0.25, 0.3) is 0 Å². The molecule has 2 amide bonds. The van der Waals surface area contributed by atoms with E-state index in [0.717, 1.165) is 18.5 Å². The van der Waals surface area contributed by atoms with Crippen molar-refractivity contribution in [3.05, 3.63) is 42.5 Å². The number of likely N-dealkylation sites (tertiary alicyclic amines) is 1. The van der Waals surface area contributed by atoms with Crippen molar-refractivity contribution in [1.82, 2.24) is 25.0 Å². The fourth-order valence-corrected chi connectivity index (χ4v) is 3.01. The van der Waals surface area contributed by atoms with Crippen LogP contribution in [0.15, 0.2) is 36.7 Å². The van der Waals surface area contributed by atoms with Gasteiger partial charge in [-0.3, -0.25) is 4.79 Å². The third kappa shape index (κ3) is 4.56. The minimum absolute atomic E-state index is 0.0208. The molecule has 1 aromatic carbocycles. The molecule has 1 aliphatic rings. The maximum absolute atomic E-state index is 12.3. The summed E-state index contributed by atoms with van der Waals surface area (Å²) in [5.74, 6) is -0.272. The van der Waals surface area contributed by atoms with Crippen LogP contribution < -0.4 is 5.32 Å². The third-order valence-corrected chi connectivity index (χ3v) is 4.23. The summed E-state index contributed by atoms with van der Waals surface area (Å²) in [6.07, 6.45) is 3.39. The van der Waals surface area contributed by atoms with Crippen molar-refractivity contribution in [3.8, 4) is 5.69 Å². The number of rotatable bonds is 5. The van der Waals surface area contributed by atoms with Crippen molar-refractivity contribution in [2.75, 3.05) is 13.1 Å². The Morgan fingerprint density at radius 1 is 1.28 bits per heavy atom. The zero-order chi connectivity index (χ0) is 17.6. The van der Waals surface area contributed by atoms with Gasteiger partial charge < -0.3 is 15.3 Å². The molecular formula is C17H21N5O3. The Balaban J connectivity index is 1.52. The van der Waals surface area contributed by atoms with E-state index in [-0.39, 0.29) is 24.9 Å². The Morgan fingerprint density at radius 2 is 2.08 bits per heavy atom. The van der Waals surface area contributed by atoms with Crippen molar-refractivity contribution in [1.29, 1.82) is 0 Å². The van der Waals surface area contributed by atoms with Crippen LogP contribution in [0.25, 0.3) is 5.69 Å². The molecule has 2 heterocycles. The molecule has 25 heavy (non-hydrogen) atoms. The average molecular weight is 343 g/mol. The van der Waals surface area contributed by atoms with Crippen molar-refractivity contribution in [2.45, 2.75) is 25.8 Å². The summed E-state index contributed by atoms with van der Waals surface area (Å²) in [4.78, 5) is 29.0. The van der Waals surface area contributed by atoms with Gasteiger partial charge in [0.05, 0.1) is 12.2 Å². The molecule has 8 nitrogen and oxygen atoms in total. The van der Waals surface area contributed by atoms with Crippen LogP contribution in [0.1, 0.15) is 25.1 Å². The predicted molar refractivity (Wildman–Crippen MR) is 90.1 cm³/mol. The molecule has 3 rings (SSSR count). The number of aliphatic carboxylic acids is 1. The molecule has 1 saturated heterocycles. The molecule has 1 atom stereocenters. The Hall–Kier alpha value is -2.90. The molecule has 0 spiro atoms. The number of nitrogens with zero attached hydrogens (tertiary/aromatic N) is 4. The zero-order valence-corrected chi connectivity index (χ0v) is 13.8. The molecular weight excluding hydrogens is 322 g/mol. The fourth-order valence-electron chi connectivity index (χ4n) is 3.01. The number of hydrogen-bond acceptors (Lipinski definition) is 4. The van der Waals surface area contributed by atoms with Crippen LogP contribution in [-0.4, -0.2) is 49.9 Å². The first-order valence-corrected chi connectivity index (χ1v) is 8.32. The van der Waals surface area contributed by atoms with Crippen LogP contribution in [0.3, 0.4) is 0 Å². The van der Waals surface area contributed by atoms with E-state index in [2.05, 4.69) is 15.4 Å². The molecule has 2 aromatic rings. The van der Waals surface area contributed by atoms with E-state index in [4.69, 9.17) is 5.11 Å². The summed E-state index contributed by atoms with van der Waals surface area (Å²) in [5.41, 5.74) is 0.903. The SMILES string of the molecule is O=C(O)CC1CCCN(C(=O)NCc2ncn(-c3ccccc3)n2)C1. The summed E-state index contributed by atoms with van der Waals surface area (Å²) in [5, 5.41) is 16.1. The first-order valence-electron chi connectivity index (χ1n) is 8.32. The third-order valence-electron chi connectivity index (χ3n) is 4.23. The van der Waals surface area contributed by atoms with Gasteiger partial charge in [-0.15, -0.1) is 5.10 Å². The second kappa shape index (κ2) is 7.78. The lowest BCUT2D eigenvalue weighted by molar-refractivity contribution is -0.138. The van der Waals surface area contributed by atoms with Crippen LogP contribution in [0, 0.1) is 5.92 Å². The first kappa shape index (κ1) is 16.9. The van der Waals surface area contributed by atoms with Crippen LogP contribution >= 0.6 is 0 Å². The van der Waals surface area contributed by atoms with Gasteiger partial charge in [-0.2, -0.15) is 0 Å². The maximum atomic E-state index is 12.3. The van der Waals surface area contributed by atoms with E-state index in [9.17, 15) is 9.59 Å². The second-order valence-electron chi connectivity index (χ2n) is 6.15. The van der Waals surface area contributed by atoms with E-state index in [1.165, 1.54) is 0 Å². The fraction of sp³-hybridized carbons (Fsp3) is 0.412. The minimum atomic E-state index is -0.817. The molecule has 0 radical (unpaired) electrons. The molecule has 0 bridgehead atoms. The van der Waals surface area contributed by atoms with Gasteiger partial charge in [0, 0.05) is 19.5 Å². The zero-order valence-electron chi connectivity index (χ0n) is 13.8. The summed E-state index contributed by atoms with van der Waals surface area (Å²) in [6.45, 7) is 1.36. The molecule has 1 aliphatic heterocycles. The van der Waals surface area contributed by atoms with E-state index >= 15 is 0 Å². The van der Waals surface area contributed by atoms with E-state index in [1.54, 1.807) is 15.9 Å². The van der Waals surface area contributed by atoms with Gasteiger partial charge >= 0.3 is 12.0 Å². The largest absolute Gasteiger partial charge is 0.481 e. The number of para-hydroxylation sites is 1. The molecule has 1 unspecified atom stereocenters. The first-order chi connectivity index (χ1) is 12.1. The number of piperidine rings is 1. The Bertz CT molecular complexity index is 731. The topological polar surface area (TPSA) is 100 Å². The predicted octanol–water partition coefficient (Wildman–Crippen LogP) is 1.66. The standard InChI is InChI=1S/C17H21N5O3/c23-16(24)9-13-5-4-8-21(11-13)17(25)18-10-15-19-12-22(20-15)14-6-2-1-3-7-14/h1-3,6-7,12-13H,4-5,8-11H2,(H,18,25)(H,23,24). The van der Waals surface area contributed by atoms with Gasteiger partial charge in [0.15, 0.2) is 5.82 Å². The van der Waals surface area contributed by atoms with E-state index in [0.29, 0.717) is 18.9 Å². The highest BCUT2D eigenvalue weighted by Crippen LogP contribution is 2.19. The Morgan fingerprint density at radius 3 is 2.84 bits per heavy atom. The lowest BCUT2D eigenvalue weighted by Gasteiger charge is -2.32. The highest BCUT2D eigenvalue weighted by Gasteiger charge is 2.25. The van der Waals surface area contributed by atoms with Gasteiger partial charge in [-0.05, 0) is 30.9 Å². The average Bonchev–Trinajstić information content (AvgIpc) is 3.09. The highest BCUT2D eigenvalue weighted by atomic mass is 16.4. The lowest BCUT2D eigenvalue weighted by Crippen LogP contribution is -2.45. The van der Waals surface area contributed by atoms with Gasteiger partial charge in [0.1, 0.15) is 6.33 Å². The quantitative estimate of drug-likeness (QED) is 0.860. The summed E-state index contributed by atoms with van der Waals surface area (Å²) >= 11 is 0. The molecule has 0 saturated carbocycles. The minimum Gasteiger partial charge on any atom is -0.481 e. The normalized spacial score (nSPS) is 17.3. The number of carboxylic acid groups (broad SMARTS) is 1. The van der Waals surface area contributed by atoms with E-state index in [1.807, 2.05) is 30.3 Å². The molecule has 132 valence electrons. The number of nitrogens with one attached hydrogen (secondary N) is 1. The molecule has 1 fully saturated rings. The van der Waals surface area contributed by atoms with Crippen LogP contribution in [0.4, 0.5) is 4.79 Å². The Kier molecular flexibility index (Phi) is 5.27. The van der Waals surface area contributed by atoms with Gasteiger partial charge in [-0.1, -0.05) is 18.2 Å². The Labute approximate surface area is 145 Å². The highest BCUT2D eigenvalue weighted by molar-refractivity contribution is 5.74. The van der Waals surface area contributed by atoms with Gasteiger partial charge in [0.2, 0.25) is 0 Å². The number of carbonyl (C=O) groups is 2. The van der Waals surface area contributed by atoms with Crippen molar-refractivity contribution in [2.24, 2.45) is 5.92 Å². The maximum Gasteiger partial charge on any atom is 0.317 e. The molecule has 8 heteroatoms. The lowest BCUT2D eigenvalue weighted by atomic mass is 9.95. The van der Waals surface area contributed by atoms with Crippen molar-refractivity contribution < 1.29 is 14.7 Å². The summed E-state index contributed by atoms with van der Waals surface area (Å²) in [7, 11) is 0. The number of aromatic nitrogens is 3. The molecule has 0 aliphatic carbocycles. The number of benzene rings is 1. The molecule has 2 N–H and O–H groups in total. The van der Waals surface area contributed by atoms with Crippen LogP contribution in [0.5, 0.6) is 0 Å². The van der Waals surface area contributed by atoms with Crippen LogP contribution in [0.2, 0.25) is 0 Å². The van der Waals surface area contributed by atoms with E-state index < -0.39 is 5.97 Å². The summed E-state index contributed by atoms with van der Waals surface area (Å²) in [6, 6.07) is 9.41. The number of urea groups is 1. The number of hydrogen-bond donors (Lipinski definition) is 2. The smallest absolute Gasteiger partial charge is 0.317 e. The van der Waals surface area contributed by atoms with Gasteiger partial charge in [-0.25, -0.2) is 14.5 Å². The van der Waals surface area contributed by atoms with Crippen molar-refractivity contribution in [3.63, 3.8) is 0 Å². The summed E-state index contributed by atoms with van der Waals surface area (Å²) < 4.78 is 1.66. The monoisotopic (exact) mass is 343 g/mol. The second-order valence-corrected chi connectivity index (χ2v) is 6.15. The van der Waals surface area contributed by atoms with Crippen LogP contribution in [-0.2, 0) is 11.3 Å². The number of amides is 2. The number of carboxylic acids is 1. The number of carbonyl (C=O) groups excluding carboxylic acids is 1. The van der Waals surface area contributed by atoms with Crippen molar-refractivity contribution >= 4 is 12.0 Å². The molecule has 1 aromatic heterocycles.